The molecule has 3 aromatic rings. The third-order valence-electron chi connectivity index (χ3n) is 4.27. The molecule has 4 rings (SSSR count). The third-order valence-corrected chi connectivity index (χ3v) is 5.13. The fourth-order valence-electron chi connectivity index (χ4n) is 2.80. The van der Waals surface area contributed by atoms with Crippen LogP contribution in [-0.4, -0.2) is 30.4 Å². The van der Waals surface area contributed by atoms with Crippen molar-refractivity contribution >= 4 is 34.7 Å². The van der Waals surface area contributed by atoms with E-state index in [-0.39, 0.29) is 18.1 Å². The van der Waals surface area contributed by atoms with E-state index in [0.717, 1.165) is 0 Å². The molecule has 9 heteroatoms. The number of ether oxygens (including phenoxy) is 2. The van der Waals surface area contributed by atoms with Gasteiger partial charge in [0.25, 0.3) is 17.7 Å². The lowest BCUT2D eigenvalue weighted by atomic mass is 10.1. The summed E-state index contributed by atoms with van der Waals surface area (Å²) in [5, 5.41) is 4.50. The Kier molecular flexibility index (Phi) is 5.62. The first-order valence-electron chi connectivity index (χ1n) is 9.04. The Morgan fingerprint density at radius 3 is 2.43 bits per heavy atom. The molecule has 1 unspecified atom stereocenters. The van der Waals surface area contributed by atoms with Crippen LogP contribution in [0.4, 0.5) is 5.69 Å². The number of benzene rings is 2. The number of hydrogen-bond acceptors (Lipinski definition) is 6. The van der Waals surface area contributed by atoms with Crippen LogP contribution in [0.15, 0.2) is 66.0 Å². The number of thiophene rings is 1. The second kappa shape index (κ2) is 8.66. The highest BCUT2D eigenvalue weighted by atomic mass is 32.1. The van der Waals surface area contributed by atoms with Crippen LogP contribution in [0.3, 0.4) is 0 Å². The van der Waals surface area contributed by atoms with Crippen LogP contribution in [-0.2, 0) is 4.79 Å². The smallest absolute Gasteiger partial charge is 0.283 e. The number of fused-ring (bicyclic) bond motifs is 1. The highest BCUT2D eigenvalue weighted by molar-refractivity contribution is 7.12. The highest BCUT2D eigenvalue weighted by Gasteiger charge is 2.27. The largest absolute Gasteiger partial charge is 0.485 e. The van der Waals surface area contributed by atoms with Crippen molar-refractivity contribution in [3.8, 4) is 11.5 Å². The molecule has 0 radical (unpaired) electrons. The molecule has 2 heterocycles. The van der Waals surface area contributed by atoms with E-state index in [0.29, 0.717) is 22.1 Å². The lowest BCUT2D eigenvalue weighted by Crippen LogP contribution is -2.50. The molecular weight excluding hydrogens is 406 g/mol. The molecule has 0 saturated carbocycles. The van der Waals surface area contributed by atoms with Crippen LogP contribution in [0.1, 0.15) is 20.0 Å². The number of carbonyl (C=O) groups is 3. The van der Waals surface area contributed by atoms with Crippen LogP contribution in [0.5, 0.6) is 11.5 Å². The van der Waals surface area contributed by atoms with Gasteiger partial charge in [0.05, 0.1) is 16.1 Å². The van der Waals surface area contributed by atoms with Gasteiger partial charge in [-0.05, 0) is 35.7 Å². The standard InChI is InChI=1S/C21H17N3O5S/c25-19(13-6-1-2-7-14(13)22-21(27)18-10-5-11-30-18)23-24-20(26)17-12-28-15-8-3-4-9-16(15)29-17/h1-11,17H,12H2,(H,22,27)(H,23,25)(H,24,26). The monoisotopic (exact) mass is 423 g/mol. The van der Waals surface area contributed by atoms with E-state index in [1.807, 2.05) is 0 Å². The van der Waals surface area contributed by atoms with Gasteiger partial charge in [0.2, 0.25) is 6.10 Å². The van der Waals surface area contributed by atoms with Crippen LogP contribution >= 0.6 is 11.3 Å². The Morgan fingerprint density at radius 2 is 1.63 bits per heavy atom. The molecule has 8 nitrogen and oxygen atoms in total. The summed E-state index contributed by atoms with van der Waals surface area (Å²) in [6.07, 6.45) is -0.908. The molecule has 1 atom stereocenters. The average Bonchev–Trinajstić information content (AvgIpc) is 3.32. The molecule has 0 spiro atoms. The van der Waals surface area contributed by atoms with Crippen LogP contribution in [0.2, 0.25) is 0 Å². The van der Waals surface area contributed by atoms with Crippen molar-refractivity contribution in [2.75, 3.05) is 11.9 Å². The van der Waals surface area contributed by atoms with Gasteiger partial charge in [-0.15, -0.1) is 11.3 Å². The summed E-state index contributed by atoms with van der Waals surface area (Å²) in [4.78, 5) is 37.7. The van der Waals surface area contributed by atoms with Crippen LogP contribution in [0, 0.1) is 0 Å². The Bertz CT molecular complexity index is 1080. The predicted molar refractivity (Wildman–Crippen MR) is 111 cm³/mol. The maximum Gasteiger partial charge on any atom is 0.283 e. The Balaban J connectivity index is 1.38. The zero-order valence-electron chi connectivity index (χ0n) is 15.6. The van der Waals surface area contributed by atoms with Crippen molar-refractivity contribution in [2.45, 2.75) is 6.10 Å². The molecule has 30 heavy (non-hydrogen) atoms. The van der Waals surface area contributed by atoms with E-state index in [4.69, 9.17) is 9.47 Å². The molecule has 0 bridgehead atoms. The molecule has 1 aromatic heterocycles. The van der Waals surface area contributed by atoms with Gasteiger partial charge < -0.3 is 14.8 Å². The van der Waals surface area contributed by atoms with E-state index in [1.54, 1.807) is 66.0 Å². The first kappa shape index (κ1) is 19.5. The number of nitrogens with one attached hydrogen (secondary N) is 3. The molecule has 3 amide bonds. The van der Waals surface area contributed by atoms with Crippen molar-refractivity contribution in [1.29, 1.82) is 0 Å². The number of amides is 3. The Hall–Kier alpha value is -3.85. The molecule has 2 aromatic carbocycles. The zero-order valence-corrected chi connectivity index (χ0v) is 16.4. The molecule has 0 saturated heterocycles. The van der Waals surface area contributed by atoms with Crippen LogP contribution < -0.4 is 25.6 Å². The summed E-state index contributed by atoms with van der Waals surface area (Å²) in [7, 11) is 0. The van der Waals surface area contributed by atoms with Gasteiger partial charge in [-0.2, -0.15) is 0 Å². The van der Waals surface area contributed by atoms with Crippen molar-refractivity contribution in [1.82, 2.24) is 10.9 Å². The number of para-hydroxylation sites is 3. The molecule has 0 aliphatic carbocycles. The minimum Gasteiger partial charge on any atom is -0.485 e. The molecule has 152 valence electrons. The highest BCUT2D eigenvalue weighted by Crippen LogP contribution is 2.30. The molecular formula is C21H17N3O5S. The number of carbonyl (C=O) groups excluding carboxylic acids is 3. The summed E-state index contributed by atoms with van der Waals surface area (Å²) in [6, 6.07) is 17.0. The third kappa shape index (κ3) is 4.26. The number of anilines is 1. The van der Waals surface area contributed by atoms with E-state index in [2.05, 4.69) is 16.2 Å². The van der Waals surface area contributed by atoms with E-state index < -0.39 is 17.9 Å². The lowest BCUT2D eigenvalue weighted by Gasteiger charge is -2.25. The van der Waals surface area contributed by atoms with E-state index in [9.17, 15) is 14.4 Å². The second-order valence-electron chi connectivity index (χ2n) is 6.28. The van der Waals surface area contributed by atoms with Crippen LogP contribution in [0.25, 0.3) is 0 Å². The zero-order chi connectivity index (χ0) is 20.9. The fraction of sp³-hybridized carbons (Fsp3) is 0.0952. The summed E-state index contributed by atoms with van der Waals surface area (Å²) in [5.74, 6) is -0.445. The second-order valence-corrected chi connectivity index (χ2v) is 7.23. The molecule has 1 aliphatic heterocycles. The van der Waals surface area contributed by atoms with Gasteiger partial charge in [0.1, 0.15) is 6.61 Å². The van der Waals surface area contributed by atoms with Gasteiger partial charge in [-0.3, -0.25) is 25.2 Å². The Labute approximate surface area is 175 Å². The Morgan fingerprint density at radius 1 is 0.867 bits per heavy atom. The molecule has 1 aliphatic rings. The van der Waals surface area contributed by atoms with Crippen molar-refractivity contribution in [2.24, 2.45) is 0 Å². The molecule has 3 N–H and O–H groups in total. The first-order valence-corrected chi connectivity index (χ1v) is 9.92. The topological polar surface area (TPSA) is 106 Å². The maximum absolute atomic E-state index is 12.6. The maximum atomic E-state index is 12.6. The summed E-state index contributed by atoms with van der Waals surface area (Å²) in [6.45, 7) is 0.0200. The fourth-order valence-corrected chi connectivity index (χ4v) is 3.42. The van der Waals surface area contributed by atoms with Gasteiger partial charge in [0.15, 0.2) is 11.5 Å². The summed E-state index contributed by atoms with van der Waals surface area (Å²) in [5.41, 5.74) is 5.21. The molecule has 0 fully saturated rings. The van der Waals surface area contributed by atoms with Gasteiger partial charge >= 0.3 is 0 Å². The number of rotatable bonds is 4. The quantitative estimate of drug-likeness (QED) is 0.560. The first-order chi connectivity index (χ1) is 14.6. The van der Waals surface area contributed by atoms with Crippen molar-refractivity contribution in [3.05, 3.63) is 76.5 Å². The minimum absolute atomic E-state index is 0.0200. The van der Waals surface area contributed by atoms with E-state index in [1.165, 1.54) is 11.3 Å². The number of hydrazine groups is 1. The van der Waals surface area contributed by atoms with Gasteiger partial charge in [-0.25, -0.2) is 0 Å². The number of hydrogen-bond donors (Lipinski definition) is 3. The normalized spacial score (nSPS) is 14.5. The van der Waals surface area contributed by atoms with Crippen molar-refractivity contribution < 1.29 is 23.9 Å². The van der Waals surface area contributed by atoms with E-state index >= 15 is 0 Å². The summed E-state index contributed by atoms with van der Waals surface area (Å²) >= 11 is 1.29. The average molecular weight is 423 g/mol. The van der Waals surface area contributed by atoms with Gasteiger partial charge in [0, 0.05) is 0 Å². The minimum atomic E-state index is -0.908. The lowest BCUT2D eigenvalue weighted by molar-refractivity contribution is -0.131. The summed E-state index contributed by atoms with van der Waals surface area (Å²) < 4.78 is 11.1. The SMILES string of the molecule is O=C(Nc1ccccc1C(=O)NNC(=O)C1COc2ccccc2O1)c1cccs1. The van der Waals surface area contributed by atoms with Gasteiger partial charge in [-0.1, -0.05) is 30.3 Å². The van der Waals surface area contributed by atoms with Crippen molar-refractivity contribution in [3.63, 3.8) is 0 Å². The predicted octanol–water partition coefficient (Wildman–Crippen LogP) is 2.60.